The average Bonchev–Trinajstić information content (AvgIpc) is 2.12. The zero-order valence-corrected chi connectivity index (χ0v) is 10.6. The number of amides is 1. The Labute approximate surface area is 98.1 Å². The molecule has 0 atom stereocenters. The van der Waals surface area contributed by atoms with Crippen LogP contribution in [-0.4, -0.2) is 5.91 Å². The first-order chi connectivity index (χ1) is 7.47. The normalized spacial score (nSPS) is 10.6. The Morgan fingerprint density at radius 1 is 1.19 bits per heavy atom. The molecule has 2 heteroatoms. The highest BCUT2D eigenvalue weighted by Crippen LogP contribution is 2.14. The molecule has 1 N–H and O–H groups in total. The van der Waals surface area contributed by atoms with Gasteiger partial charge in [0.1, 0.15) is 0 Å². The van der Waals surface area contributed by atoms with Crippen LogP contribution in [0.3, 0.4) is 0 Å². The summed E-state index contributed by atoms with van der Waals surface area (Å²) in [6, 6.07) is 6.10. The molecule has 0 saturated heterocycles. The summed E-state index contributed by atoms with van der Waals surface area (Å²) in [4.78, 5) is 11.6. The highest BCUT2D eigenvalue weighted by Gasteiger charge is 2.04. The maximum absolute atomic E-state index is 11.6. The molecule has 0 heterocycles. The monoisotopic (exact) mass is 219 g/mol. The van der Waals surface area contributed by atoms with Crippen LogP contribution in [0.2, 0.25) is 0 Å². The van der Waals surface area contributed by atoms with E-state index in [-0.39, 0.29) is 5.91 Å². The minimum Gasteiger partial charge on any atom is -0.326 e. The van der Waals surface area contributed by atoms with Crippen molar-refractivity contribution in [1.29, 1.82) is 0 Å². The van der Waals surface area contributed by atoms with Crippen LogP contribution in [0.4, 0.5) is 5.69 Å². The highest BCUT2D eigenvalue weighted by molar-refractivity contribution is 5.90. The van der Waals surface area contributed by atoms with Gasteiger partial charge in [0.25, 0.3) is 0 Å². The second-order valence-electron chi connectivity index (χ2n) is 4.86. The minimum atomic E-state index is 0.110. The molecule has 1 aromatic carbocycles. The van der Waals surface area contributed by atoms with Crippen molar-refractivity contribution in [3.8, 4) is 0 Å². The van der Waals surface area contributed by atoms with Crippen LogP contribution in [0.5, 0.6) is 0 Å². The van der Waals surface area contributed by atoms with Gasteiger partial charge in [0.15, 0.2) is 0 Å². The van der Waals surface area contributed by atoms with E-state index in [4.69, 9.17) is 0 Å². The van der Waals surface area contributed by atoms with Crippen molar-refractivity contribution >= 4 is 11.6 Å². The standard InChI is InChI=1S/C14H21NO/c1-10(2)5-6-14(16)15-13-8-11(3)7-12(4)9-13/h7-10H,5-6H2,1-4H3,(H,15,16). The molecule has 0 aliphatic carbocycles. The molecule has 0 aliphatic heterocycles. The van der Waals surface area contributed by atoms with Crippen LogP contribution in [0.1, 0.15) is 37.8 Å². The van der Waals surface area contributed by atoms with Gasteiger partial charge in [-0.25, -0.2) is 0 Å². The van der Waals surface area contributed by atoms with Crippen molar-refractivity contribution in [2.75, 3.05) is 5.32 Å². The molecule has 1 amide bonds. The van der Waals surface area contributed by atoms with Gasteiger partial charge in [0.05, 0.1) is 0 Å². The maximum atomic E-state index is 11.6. The maximum Gasteiger partial charge on any atom is 0.224 e. The van der Waals surface area contributed by atoms with Crippen LogP contribution >= 0.6 is 0 Å². The number of aryl methyl sites for hydroxylation is 2. The van der Waals surface area contributed by atoms with E-state index in [0.29, 0.717) is 12.3 Å². The number of anilines is 1. The van der Waals surface area contributed by atoms with Crippen LogP contribution in [0.15, 0.2) is 18.2 Å². The van der Waals surface area contributed by atoms with E-state index in [9.17, 15) is 4.79 Å². The van der Waals surface area contributed by atoms with Crippen molar-refractivity contribution in [1.82, 2.24) is 0 Å². The largest absolute Gasteiger partial charge is 0.326 e. The smallest absolute Gasteiger partial charge is 0.224 e. The van der Waals surface area contributed by atoms with E-state index in [1.807, 2.05) is 26.0 Å². The van der Waals surface area contributed by atoms with Gasteiger partial charge in [-0.15, -0.1) is 0 Å². The lowest BCUT2D eigenvalue weighted by atomic mass is 10.1. The summed E-state index contributed by atoms with van der Waals surface area (Å²) in [5.74, 6) is 0.684. The van der Waals surface area contributed by atoms with Gasteiger partial charge in [-0.3, -0.25) is 4.79 Å². The lowest BCUT2D eigenvalue weighted by molar-refractivity contribution is -0.116. The third-order valence-corrected chi connectivity index (χ3v) is 2.45. The van der Waals surface area contributed by atoms with Crippen LogP contribution in [-0.2, 0) is 4.79 Å². The molecule has 0 aromatic heterocycles. The molecule has 16 heavy (non-hydrogen) atoms. The van der Waals surface area contributed by atoms with Gasteiger partial charge < -0.3 is 5.32 Å². The number of rotatable bonds is 4. The molecule has 0 bridgehead atoms. The third-order valence-electron chi connectivity index (χ3n) is 2.45. The molecule has 0 saturated carbocycles. The van der Waals surface area contributed by atoms with Crippen molar-refractivity contribution in [2.24, 2.45) is 5.92 Å². The molecule has 0 radical (unpaired) electrons. The van der Waals surface area contributed by atoms with E-state index >= 15 is 0 Å². The molecule has 0 fully saturated rings. The summed E-state index contributed by atoms with van der Waals surface area (Å²) >= 11 is 0. The van der Waals surface area contributed by atoms with Crippen molar-refractivity contribution < 1.29 is 4.79 Å². The first kappa shape index (κ1) is 12.8. The van der Waals surface area contributed by atoms with Gasteiger partial charge in [-0.2, -0.15) is 0 Å². The Morgan fingerprint density at radius 2 is 1.75 bits per heavy atom. The molecular weight excluding hydrogens is 198 g/mol. The van der Waals surface area contributed by atoms with E-state index in [2.05, 4.69) is 25.2 Å². The fraction of sp³-hybridized carbons (Fsp3) is 0.500. The Morgan fingerprint density at radius 3 is 2.25 bits per heavy atom. The Balaban J connectivity index is 2.56. The molecule has 0 unspecified atom stereocenters. The topological polar surface area (TPSA) is 29.1 Å². The molecule has 1 rings (SSSR count). The van der Waals surface area contributed by atoms with Crippen LogP contribution in [0.25, 0.3) is 0 Å². The third kappa shape index (κ3) is 4.47. The molecule has 0 spiro atoms. The fourth-order valence-electron chi connectivity index (χ4n) is 1.69. The second kappa shape index (κ2) is 5.69. The molecule has 0 aliphatic rings. The zero-order chi connectivity index (χ0) is 12.1. The number of carbonyl (C=O) groups is 1. The number of hydrogen-bond acceptors (Lipinski definition) is 1. The fourth-order valence-corrected chi connectivity index (χ4v) is 1.69. The van der Waals surface area contributed by atoms with Crippen molar-refractivity contribution in [3.63, 3.8) is 0 Å². The molecular formula is C14H21NO. The second-order valence-corrected chi connectivity index (χ2v) is 4.86. The van der Waals surface area contributed by atoms with Gasteiger partial charge in [0, 0.05) is 12.1 Å². The number of benzene rings is 1. The average molecular weight is 219 g/mol. The first-order valence-electron chi connectivity index (χ1n) is 5.85. The van der Waals surface area contributed by atoms with E-state index in [1.165, 1.54) is 11.1 Å². The minimum absolute atomic E-state index is 0.110. The van der Waals surface area contributed by atoms with Crippen LogP contribution in [0, 0.1) is 19.8 Å². The number of nitrogens with one attached hydrogen (secondary N) is 1. The summed E-state index contributed by atoms with van der Waals surface area (Å²) in [6.07, 6.45) is 1.54. The Hall–Kier alpha value is -1.31. The van der Waals surface area contributed by atoms with Crippen LogP contribution < -0.4 is 5.32 Å². The number of carbonyl (C=O) groups excluding carboxylic acids is 1. The highest BCUT2D eigenvalue weighted by atomic mass is 16.1. The molecule has 2 nitrogen and oxygen atoms in total. The summed E-state index contributed by atoms with van der Waals surface area (Å²) in [6.45, 7) is 8.34. The molecule has 88 valence electrons. The summed E-state index contributed by atoms with van der Waals surface area (Å²) in [7, 11) is 0. The van der Waals surface area contributed by atoms with Gasteiger partial charge >= 0.3 is 0 Å². The van der Waals surface area contributed by atoms with E-state index in [1.54, 1.807) is 0 Å². The summed E-state index contributed by atoms with van der Waals surface area (Å²) < 4.78 is 0. The predicted octanol–water partition coefficient (Wildman–Crippen LogP) is 3.68. The van der Waals surface area contributed by atoms with Gasteiger partial charge in [0.2, 0.25) is 5.91 Å². The van der Waals surface area contributed by atoms with Crippen molar-refractivity contribution in [2.45, 2.75) is 40.5 Å². The van der Waals surface area contributed by atoms with E-state index in [0.717, 1.165) is 12.1 Å². The van der Waals surface area contributed by atoms with Gasteiger partial charge in [-0.05, 0) is 49.4 Å². The van der Waals surface area contributed by atoms with Gasteiger partial charge in [-0.1, -0.05) is 19.9 Å². The zero-order valence-electron chi connectivity index (χ0n) is 10.6. The lowest BCUT2D eigenvalue weighted by Gasteiger charge is -2.08. The summed E-state index contributed by atoms with van der Waals surface area (Å²) in [5.41, 5.74) is 3.27. The lowest BCUT2D eigenvalue weighted by Crippen LogP contribution is -2.12. The predicted molar refractivity (Wildman–Crippen MR) is 68.6 cm³/mol. The Bertz CT molecular complexity index is 349. The summed E-state index contributed by atoms with van der Waals surface area (Å²) in [5, 5.41) is 2.94. The SMILES string of the molecule is Cc1cc(C)cc(NC(=O)CCC(C)C)c1. The molecule has 1 aromatic rings. The van der Waals surface area contributed by atoms with E-state index < -0.39 is 0 Å². The quantitative estimate of drug-likeness (QED) is 0.822. The van der Waals surface area contributed by atoms with Crippen molar-refractivity contribution in [3.05, 3.63) is 29.3 Å². The first-order valence-corrected chi connectivity index (χ1v) is 5.85. The number of hydrogen-bond donors (Lipinski definition) is 1. The Kier molecular flexibility index (Phi) is 4.53.